The van der Waals surface area contributed by atoms with Gasteiger partial charge in [-0.15, -0.1) is 10.1 Å². The van der Waals surface area contributed by atoms with E-state index in [-0.39, 0.29) is 12.7 Å². The smallest absolute Gasteiger partial charge is 0.418 e. The Bertz CT molecular complexity index is 422. The molecule has 0 unspecified atom stereocenters. The number of hydrogen-bond acceptors (Lipinski definition) is 6. The van der Waals surface area contributed by atoms with Crippen LogP contribution < -0.4 is 4.74 Å². The molecular formula is C11H12ClNO6. The number of alkyl halides is 1. The normalized spacial score (nSPS) is 9.74. The maximum Gasteiger partial charge on any atom is 0.515 e. The first-order valence-corrected chi connectivity index (χ1v) is 5.92. The molecule has 0 spiro atoms. The summed E-state index contributed by atoms with van der Waals surface area (Å²) in [5.74, 6) is 0.334. The maximum absolute atomic E-state index is 11.0. The third-order valence-electron chi connectivity index (χ3n) is 2.10. The summed E-state index contributed by atoms with van der Waals surface area (Å²) in [6, 6.07) is 6.41. The fraction of sp³-hybridized carbons (Fsp3) is 0.364. The molecule has 0 aromatic heterocycles. The van der Waals surface area contributed by atoms with E-state index in [1.165, 1.54) is 0 Å². The minimum atomic E-state index is -0.873. The summed E-state index contributed by atoms with van der Waals surface area (Å²) in [6.07, 6.45) is 0.276. The minimum absolute atomic E-state index is 0.0489. The summed E-state index contributed by atoms with van der Waals surface area (Å²) in [6.45, 7) is 0.0489. The number of ether oxygens (including phenoxy) is 2. The zero-order valence-corrected chi connectivity index (χ0v) is 10.7. The van der Waals surface area contributed by atoms with Crippen molar-refractivity contribution in [2.75, 3.05) is 12.7 Å². The molecule has 7 nitrogen and oxygen atoms in total. The van der Waals surface area contributed by atoms with Gasteiger partial charge in [0.1, 0.15) is 5.75 Å². The number of carbonyl (C=O) groups excluding carboxylic acids is 1. The van der Waals surface area contributed by atoms with Gasteiger partial charge in [-0.3, -0.25) is 0 Å². The molecule has 0 aliphatic carbocycles. The highest BCUT2D eigenvalue weighted by Crippen LogP contribution is 2.14. The molecule has 0 fully saturated rings. The molecule has 0 saturated carbocycles. The van der Waals surface area contributed by atoms with Gasteiger partial charge in [0.2, 0.25) is 0 Å². The van der Waals surface area contributed by atoms with Crippen LogP contribution in [-0.4, -0.2) is 23.9 Å². The lowest BCUT2D eigenvalue weighted by Crippen LogP contribution is -2.09. The average Bonchev–Trinajstić information content (AvgIpc) is 2.36. The van der Waals surface area contributed by atoms with Crippen molar-refractivity contribution >= 4 is 17.8 Å². The van der Waals surface area contributed by atoms with Gasteiger partial charge in [-0.05, 0) is 30.5 Å². The van der Waals surface area contributed by atoms with Crippen molar-refractivity contribution in [3.63, 3.8) is 0 Å². The van der Waals surface area contributed by atoms with Crippen molar-refractivity contribution in [1.82, 2.24) is 0 Å². The third kappa shape index (κ3) is 6.46. The predicted octanol–water partition coefficient (Wildman–Crippen LogP) is 2.54. The Hall–Kier alpha value is -2.02. The van der Waals surface area contributed by atoms with Crippen LogP contribution in [0.5, 0.6) is 5.75 Å². The maximum atomic E-state index is 11.0. The van der Waals surface area contributed by atoms with Gasteiger partial charge in [0.15, 0.2) is 6.07 Å². The lowest BCUT2D eigenvalue weighted by Gasteiger charge is -2.05. The first kappa shape index (κ1) is 15.0. The minimum Gasteiger partial charge on any atom is -0.418 e. The SMILES string of the molecule is O=C(OCCl)Oc1ccc(CCCO[N+](=O)[O-])cc1. The number of hydrogen-bond donors (Lipinski definition) is 0. The Kier molecular flexibility index (Phi) is 6.45. The summed E-state index contributed by atoms with van der Waals surface area (Å²) in [7, 11) is 0. The summed E-state index contributed by atoms with van der Waals surface area (Å²) in [5, 5.41) is 9.10. The van der Waals surface area contributed by atoms with Gasteiger partial charge >= 0.3 is 6.16 Å². The van der Waals surface area contributed by atoms with Gasteiger partial charge < -0.3 is 14.3 Å². The quantitative estimate of drug-likeness (QED) is 0.191. The molecule has 0 radical (unpaired) electrons. The molecule has 0 heterocycles. The molecule has 0 bridgehead atoms. The van der Waals surface area contributed by atoms with Crippen molar-refractivity contribution in [3.8, 4) is 5.75 Å². The summed E-state index contributed by atoms with van der Waals surface area (Å²) in [4.78, 5) is 25.1. The second-order valence-electron chi connectivity index (χ2n) is 3.41. The summed E-state index contributed by atoms with van der Waals surface area (Å²) in [5.41, 5.74) is 0.949. The first-order valence-electron chi connectivity index (χ1n) is 5.38. The van der Waals surface area contributed by atoms with Crippen LogP contribution in [-0.2, 0) is 16.0 Å². The fourth-order valence-corrected chi connectivity index (χ4v) is 1.40. The van der Waals surface area contributed by atoms with Gasteiger partial charge in [0.25, 0.3) is 5.09 Å². The van der Waals surface area contributed by atoms with Crippen molar-refractivity contribution < 1.29 is 24.2 Å². The monoisotopic (exact) mass is 289 g/mol. The third-order valence-corrected chi connectivity index (χ3v) is 2.21. The van der Waals surface area contributed by atoms with E-state index in [4.69, 9.17) is 16.3 Å². The highest BCUT2D eigenvalue weighted by molar-refractivity contribution is 6.17. The fourth-order valence-electron chi connectivity index (χ4n) is 1.31. The standard InChI is InChI=1S/C11H12ClNO6/c12-8-17-11(14)19-10-5-3-9(4-6-10)2-1-7-18-13(15)16/h3-6H,1-2,7-8H2. The zero-order valence-electron chi connectivity index (χ0n) is 9.91. The van der Waals surface area contributed by atoms with E-state index < -0.39 is 11.2 Å². The zero-order chi connectivity index (χ0) is 14.1. The second-order valence-corrected chi connectivity index (χ2v) is 3.63. The molecule has 0 aliphatic rings. The van der Waals surface area contributed by atoms with E-state index in [2.05, 4.69) is 9.57 Å². The van der Waals surface area contributed by atoms with Crippen LogP contribution >= 0.6 is 11.6 Å². The molecule has 8 heteroatoms. The predicted molar refractivity (Wildman–Crippen MR) is 65.5 cm³/mol. The molecule has 0 saturated heterocycles. The molecule has 0 N–H and O–H groups in total. The molecule has 1 aromatic rings. The van der Waals surface area contributed by atoms with Crippen molar-refractivity contribution in [2.45, 2.75) is 12.8 Å². The van der Waals surface area contributed by atoms with Gasteiger partial charge in [0.05, 0.1) is 6.61 Å². The number of benzene rings is 1. The van der Waals surface area contributed by atoms with Gasteiger partial charge in [-0.2, -0.15) is 0 Å². The van der Waals surface area contributed by atoms with Crippen LogP contribution in [0.4, 0.5) is 4.79 Å². The van der Waals surface area contributed by atoms with Gasteiger partial charge in [0, 0.05) is 0 Å². The highest BCUT2D eigenvalue weighted by atomic mass is 35.5. The first-order chi connectivity index (χ1) is 9.11. The number of aryl methyl sites for hydroxylation is 1. The average molecular weight is 290 g/mol. The Labute approximate surface area is 114 Å². The van der Waals surface area contributed by atoms with Crippen LogP contribution in [0.15, 0.2) is 24.3 Å². The van der Waals surface area contributed by atoms with E-state index >= 15 is 0 Å². The molecule has 104 valence electrons. The largest absolute Gasteiger partial charge is 0.515 e. The molecule has 0 atom stereocenters. The molecule has 19 heavy (non-hydrogen) atoms. The molecule has 1 aromatic carbocycles. The Balaban J connectivity index is 2.35. The Morgan fingerprint density at radius 2 is 2.00 bits per heavy atom. The Morgan fingerprint density at radius 1 is 1.32 bits per heavy atom. The van der Waals surface area contributed by atoms with Crippen molar-refractivity contribution in [3.05, 3.63) is 39.9 Å². The second kappa shape index (κ2) is 8.15. The van der Waals surface area contributed by atoms with Crippen molar-refractivity contribution in [2.24, 2.45) is 0 Å². The van der Waals surface area contributed by atoms with E-state index in [1.54, 1.807) is 24.3 Å². The van der Waals surface area contributed by atoms with E-state index in [1.807, 2.05) is 0 Å². The van der Waals surface area contributed by atoms with Crippen LogP contribution in [0.2, 0.25) is 0 Å². The lowest BCUT2D eigenvalue weighted by molar-refractivity contribution is -0.757. The van der Waals surface area contributed by atoms with E-state index in [9.17, 15) is 14.9 Å². The van der Waals surface area contributed by atoms with Crippen LogP contribution in [0, 0.1) is 10.1 Å². The lowest BCUT2D eigenvalue weighted by atomic mass is 10.1. The van der Waals surface area contributed by atoms with E-state index in [0.29, 0.717) is 18.6 Å². The topological polar surface area (TPSA) is 87.9 Å². The van der Waals surface area contributed by atoms with Gasteiger partial charge in [-0.25, -0.2) is 4.79 Å². The van der Waals surface area contributed by atoms with Gasteiger partial charge in [-0.1, -0.05) is 23.7 Å². The number of rotatable bonds is 7. The molecule has 0 aliphatic heterocycles. The van der Waals surface area contributed by atoms with Crippen LogP contribution in [0.25, 0.3) is 0 Å². The number of nitrogens with zero attached hydrogens (tertiary/aromatic N) is 1. The number of carbonyl (C=O) groups is 1. The van der Waals surface area contributed by atoms with Crippen LogP contribution in [0.1, 0.15) is 12.0 Å². The number of halogens is 1. The molecular weight excluding hydrogens is 278 g/mol. The summed E-state index contributed by atoms with van der Waals surface area (Å²) >= 11 is 5.20. The van der Waals surface area contributed by atoms with Crippen LogP contribution in [0.3, 0.4) is 0 Å². The summed E-state index contributed by atoms with van der Waals surface area (Å²) < 4.78 is 9.21. The molecule has 0 amide bonds. The van der Waals surface area contributed by atoms with Crippen molar-refractivity contribution in [1.29, 1.82) is 0 Å². The van der Waals surface area contributed by atoms with E-state index in [0.717, 1.165) is 5.56 Å². The Morgan fingerprint density at radius 3 is 2.58 bits per heavy atom. The highest BCUT2D eigenvalue weighted by Gasteiger charge is 2.05. The molecule has 1 rings (SSSR count).